The zero-order valence-corrected chi connectivity index (χ0v) is 12.8. The van der Waals surface area contributed by atoms with Gasteiger partial charge < -0.3 is 4.42 Å². The number of nitrogens with zero attached hydrogens (tertiary/aromatic N) is 1. The zero-order chi connectivity index (χ0) is 16.1. The first-order chi connectivity index (χ1) is 10.3. The molecular formula is C16H18N2O4. The van der Waals surface area contributed by atoms with Crippen LogP contribution >= 0.6 is 0 Å². The normalized spacial score (nSPS) is 19.5. The number of nitrogens with one attached hydrogen (secondary N) is 1. The molecule has 22 heavy (non-hydrogen) atoms. The van der Waals surface area contributed by atoms with Crippen LogP contribution in [0.25, 0.3) is 11.1 Å². The van der Waals surface area contributed by atoms with E-state index in [1.165, 1.54) is 4.57 Å². The van der Waals surface area contributed by atoms with E-state index in [1.807, 2.05) is 32.9 Å². The smallest absolute Gasteiger partial charge is 0.408 e. The average molecular weight is 302 g/mol. The van der Waals surface area contributed by atoms with Crippen LogP contribution in [-0.4, -0.2) is 16.4 Å². The van der Waals surface area contributed by atoms with Crippen molar-refractivity contribution in [3.63, 3.8) is 0 Å². The van der Waals surface area contributed by atoms with E-state index in [1.54, 1.807) is 6.07 Å². The first-order valence-corrected chi connectivity index (χ1v) is 7.27. The van der Waals surface area contributed by atoms with Crippen molar-refractivity contribution in [1.29, 1.82) is 0 Å². The van der Waals surface area contributed by atoms with Gasteiger partial charge in [-0.1, -0.05) is 32.9 Å². The van der Waals surface area contributed by atoms with Crippen LogP contribution in [0.5, 0.6) is 0 Å². The number of imide groups is 1. The number of oxazole rings is 1. The van der Waals surface area contributed by atoms with Crippen molar-refractivity contribution >= 4 is 22.9 Å². The Labute approximate surface area is 127 Å². The average Bonchev–Trinajstić information content (AvgIpc) is 2.73. The van der Waals surface area contributed by atoms with E-state index < -0.39 is 17.7 Å². The molecule has 0 bridgehead atoms. The molecule has 1 unspecified atom stereocenters. The molecule has 1 atom stereocenters. The van der Waals surface area contributed by atoms with Crippen LogP contribution < -0.4 is 11.1 Å². The molecule has 1 aromatic heterocycles. The highest BCUT2D eigenvalue weighted by molar-refractivity contribution is 6.00. The van der Waals surface area contributed by atoms with Crippen molar-refractivity contribution in [2.75, 3.05) is 0 Å². The maximum Gasteiger partial charge on any atom is 0.420 e. The number of hydrogen-bond donors (Lipinski definition) is 1. The second-order valence-corrected chi connectivity index (χ2v) is 6.61. The lowest BCUT2D eigenvalue weighted by molar-refractivity contribution is -0.135. The van der Waals surface area contributed by atoms with Gasteiger partial charge in [0.1, 0.15) is 6.04 Å². The van der Waals surface area contributed by atoms with Gasteiger partial charge >= 0.3 is 5.76 Å². The molecule has 6 nitrogen and oxygen atoms in total. The van der Waals surface area contributed by atoms with Crippen molar-refractivity contribution in [2.45, 2.75) is 45.1 Å². The van der Waals surface area contributed by atoms with Gasteiger partial charge in [0.2, 0.25) is 11.8 Å². The van der Waals surface area contributed by atoms with E-state index in [2.05, 4.69) is 5.32 Å². The van der Waals surface area contributed by atoms with Crippen LogP contribution in [-0.2, 0) is 15.0 Å². The Balaban J connectivity index is 2.26. The second kappa shape index (κ2) is 4.83. The minimum absolute atomic E-state index is 0.210. The van der Waals surface area contributed by atoms with Crippen LogP contribution in [0.1, 0.15) is 45.2 Å². The highest BCUT2D eigenvalue weighted by Gasteiger charge is 2.33. The Kier molecular flexibility index (Phi) is 3.20. The van der Waals surface area contributed by atoms with Gasteiger partial charge in [-0.25, -0.2) is 4.79 Å². The highest BCUT2D eigenvalue weighted by Crippen LogP contribution is 2.32. The number of amides is 2. The third kappa shape index (κ3) is 2.24. The largest absolute Gasteiger partial charge is 0.420 e. The third-order valence-corrected chi connectivity index (χ3v) is 3.96. The Morgan fingerprint density at radius 2 is 1.95 bits per heavy atom. The number of rotatable bonds is 1. The van der Waals surface area contributed by atoms with Gasteiger partial charge in [-0.3, -0.25) is 19.5 Å². The fraction of sp³-hybridized carbons (Fsp3) is 0.438. The second-order valence-electron chi connectivity index (χ2n) is 6.61. The summed E-state index contributed by atoms with van der Waals surface area (Å²) in [6, 6.07) is 4.77. The molecule has 116 valence electrons. The van der Waals surface area contributed by atoms with Crippen molar-refractivity contribution in [2.24, 2.45) is 0 Å². The van der Waals surface area contributed by atoms with Crippen LogP contribution in [0.3, 0.4) is 0 Å². The monoisotopic (exact) mass is 302 g/mol. The van der Waals surface area contributed by atoms with E-state index >= 15 is 0 Å². The maximum absolute atomic E-state index is 12.3. The van der Waals surface area contributed by atoms with Crippen molar-refractivity contribution in [3.8, 4) is 0 Å². The summed E-state index contributed by atoms with van der Waals surface area (Å²) in [5, 5.41) is 2.29. The van der Waals surface area contributed by atoms with Gasteiger partial charge in [0.05, 0.1) is 5.52 Å². The lowest BCUT2D eigenvalue weighted by Crippen LogP contribution is -2.43. The number of carbonyl (C=O) groups is 2. The summed E-state index contributed by atoms with van der Waals surface area (Å²) in [4.78, 5) is 35.7. The molecule has 1 saturated heterocycles. The fourth-order valence-corrected chi connectivity index (χ4v) is 2.90. The predicted octanol–water partition coefficient (Wildman–Crippen LogP) is 1.87. The Hall–Kier alpha value is -2.37. The number of aromatic nitrogens is 1. The molecule has 0 saturated carbocycles. The SMILES string of the molecule is CC(C)(C)c1cccc2oc(=O)n(C3CCC(=O)NC3=O)c12. The summed E-state index contributed by atoms with van der Waals surface area (Å²) in [6.45, 7) is 6.11. The molecule has 1 aliphatic heterocycles. The van der Waals surface area contributed by atoms with Gasteiger partial charge in [0.15, 0.2) is 5.58 Å². The summed E-state index contributed by atoms with van der Waals surface area (Å²) < 4.78 is 6.69. The maximum atomic E-state index is 12.3. The van der Waals surface area contributed by atoms with Crippen LogP contribution in [0.2, 0.25) is 0 Å². The van der Waals surface area contributed by atoms with Crippen molar-refractivity contribution < 1.29 is 14.0 Å². The first kappa shape index (κ1) is 14.6. The number of piperidine rings is 1. The molecule has 1 aliphatic rings. The summed E-state index contributed by atoms with van der Waals surface area (Å²) in [5.41, 5.74) is 1.82. The Morgan fingerprint density at radius 1 is 1.23 bits per heavy atom. The molecule has 0 radical (unpaired) electrons. The lowest BCUT2D eigenvalue weighted by Gasteiger charge is -2.25. The fourth-order valence-electron chi connectivity index (χ4n) is 2.90. The molecule has 3 rings (SSSR count). The zero-order valence-electron chi connectivity index (χ0n) is 12.8. The van der Waals surface area contributed by atoms with Gasteiger partial charge in [-0.05, 0) is 23.5 Å². The molecule has 1 N–H and O–H groups in total. The van der Waals surface area contributed by atoms with Crippen molar-refractivity contribution in [3.05, 3.63) is 34.3 Å². The lowest BCUT2D eigenvalue weighted by atomic mass is 9.86. The standard InChI is InChI=1S/C16H18N2O4/c1-16(2,3)9-5-4-6-11-13(9)18(15(21)22-11)10-7-8-12(19)17-14(10)20/h4-6,10H,7-8H2,1-3H3,(H,17,19,20). The molecule has 0 aliphatic carbocycles. The summed E-state index contributed by atoms with van der Waals surface area (Å²) >= 11 is 0. The predicted molar refractivity (Wildman–Crippen MR) is 80.6 cm³/mol. The molecule has 1 aromatic carbocycles. The molecular weight excluding hydrogens is 284 g/mol. The quantitative estimate of drug-likeness (QED) is 0.815. The van der Waals surface area contributed by atoms with Gasteiger partial charge in [-0.2, -0.15) is 0 Å². The number of fused-ring (bicyclic) bond motifs is 1. The summed E-state index contributed by atoms with van der Waals surface area (Å²) in [5.74, 6) is -1.33. The van der Waals surface area contributed by atoms with Crippen molar-refractivity contribution in [1.82, 2.24) is 9.88 Å². The van der Waals surface area contributed by atoms with Gasteiger partial charge in [0, 0.05) is 6.42 Å². The summed E-state index contributed by atoms with van der Waals surface area (Å²) in [6.07, 6.45) is 0.519. The van der Waals surface area contributed by atoms with Crippen LogP contribution in [0.4, 0.5) is 0 Å². The van der Waals surface area contributed by atoms with E-state index in [0.29, 0.717) is 17.5 Å². The highest BCUT2D eigenvalue weighted by atomic mass is 16.4. The van der Waals surface area contributed by atoms with E-state index in [9.17, 15) is 14.4 Å². The summed E-state index contributed by atoms with van der Waals surface area (Å²) in [7, 11) is 0. The number of carbonyl (C=O) groups excluding carboxylic acids is 2. The molecule has 6 heteroatoms. The van der Waals surface area contributed by atoms with Gasteiger partial charge in [0.25, 0.3) is 0 Å². The number of benzene rings is 1. The van der Waals surface area contributed by atoms with Crippen LogP contribution in [0, 0.1) is 0 Å². The van der Waals surface area contributed by atoms with E-state index in [0.717, 1.165) is 5.56 Å². The number of hydrogen-bond acceptors (Lipinski definition) is 4. The molecule has 2 heterocycles. The Bertz CT molecular complexity index is 823. The number of para-hydroxylation sites is 1. The molecule has 2 amide bonds. The first-order valence-electron chi connectivity index (χ1n) is 7.27. The van der Waals surface area contributed by atoms with E-state index in [-0.39, 0.29) is 17.7 Å². The minimum atomic E-state index is -0.713. The van der Waals surface area contributed by atoms with E-state index in [4.69, 9.17) is 4.42 Å². The van der Waals surface area contributed by atoms with Gasteiger partial charge in [-0.15, -0.1) is 0 Å². The molecule has 1 fully saturated rings. The molecule has 2 aromatic rings. The minimum Gasteiger partial charge on any atom is -0.408 e. The topological polar surface area (TPSA) is 81.3 Å². The third-order valence-electron chi connectivity index (χ3n) is 3.96. The Morgan fingerprint density at radius 3 is 2.59 bits per heavy atom. The van der Waals surface area contributed by atoms with Crippen LogP contribution in [0.15, 0.2) is 27.4 Å². The molecule has 0 spiro atoms.